The lowest BCUT2D eigenvalue weighted by Gasteiger charge is -2.01. The van der Waals surface area contributed by atoms with Gasteiger partial charge in [0.25, 0.3) is 0 Å². The number of hydrogen-bond donors (Lipinski definition) is 0. The number of hydrogen-bond acceptors (Lipinski definition) is 0. The van der Waals surface area contributed by atoms with Gasteiger partial charge in [0.05, 0.1) is 0 Å². The summed E-state index contributed by atoms with van der Waals surface area (Å²) < 4.78 is 0. The van der Waals surface area contributed by atoms with Crippen molar-refractivity contribution in [3.05, 3.63) is 0 Å². The predicted octanol–water partition coefficient (Wildman–Crippen LogP) is 3.37. The van der Waals surface area contributed by atoms with Crippen LogP contribution in [0, 0.1) is 5.92 Å². The summed E-state index contributed by atoms with van der Waals surface area (Å²) in [6.07, 6.45) is 6.71. The molecule has 0 aromatic carbocycles. The Kier molecular flexibility index (Phi) is 7.22. The lowest BCUT2D eigenvalue weighted by atomic mass is 9.68. The van der Waals surface area contributed by atoms with E-state index in [9.17, 15) is 0 Å². The second kappa shape index (κ2) is 7.18. The fourth-order valence-corrected chi connectivity index (χ4v) is 1.02. The molecule has 0 spiro atoms. The lowest BCUT2D eigenvalue weighted by molar-refractivity contribution is 0.575. The predicted molar refractivity (Wildman–Crippen MR) is 49.7 cm³/mol. The van der Waals surface area contributed by atoms with E-state index in [-0.39, 0.29) is 0 Å². The standard InChI is InChI=1S/C9H20B/c1-4-7-10-8-5-6-9(2)3/h9H,4-8H2,1-3H3. The van der Waals surface area contributed by atoms with Gasteiger partial charge in [0.1, 0.15) is 7.28 Å². The van der Waals surface area contributed by atoms with E-state index in [0.29, 0.717) is 0 Å². The molecule has 0 aliphatic rings. The first-order chi connectivity index (χ1) is 4.77. The van der Waals surface area contributed by atoms with E-state index in [1.165, 1.54) is 31.9 Å². The van der Waals surface area contributed by atoms with Crippen LogP contribution in [0.2, 0.25) is 12.6 Å². The zero-order valence-corrected chi connectivity index (χ0v) is 7.69. The largest absolute Gasteiger partial charge is 0.109 e. The second-order valence-electron chi connectivity index (χ2n) is 3.40. The molecule has 0 saturated carbocycles. The highest BCUT2D eigenvalue weighted by atomic mass is 13.9. The zero-order chi connectivity index (χ0) is 7.82. The van der Waals surface area contributed by atoms with E-state index in [2.05, 4.69) is 28.1 Å². The van der Waals surface area contributed by atoms with Crippen LogP contribution in [-0.2, 0) is 0 Å². The van der Waals surface area contributed by atoms with Crippen LogP contribution in [0.15, 0.2) is 0 Å². The van der Waals surface area contributed by atoms with Crippen molar-refractivity contribution in [2.45, 2.75) is 52.7 Å². The quantitative estimate of drug-likeness (QED) is 0.391. The van der Waals surface area contributed by atoms with Crippen molar-refractivity contribution in [2.24, 2.45) is 5.92 Å². The van der Waals surface area contributed by atoms with Gasteiger partial charge in [0.15, 0.2) is 0 Å². The molecule has 0 rings (SSSR count). The maximum Gasteiger partial charge on any atom is 0.109 e. The van der Waals surface area contributed by atoms with Crippen LogP contribution in [0.3, 0.4) is 0 Å². The Labute approximate surface area is 66.6 Å². The Morgan fingerprint density at radius 1 is 1.20 bits per heavy atom. The summed E-state index contributed by atoms with van der Waals surface area (Å²) in [6.45, 7) is 6.82. The summed E-state index contributed by atoms with van der Waals surface area (Å²) in [6, 6.07) is 0. The molecule has 0 bridgehead atoms. The Hall–Kier alpha value is 0.0649. The summed E-state index contributed by atoms with van der Waals surface area (Å²) in [5, 5.41) is 0. The number of rotatable bonds is 6. The second-order valence-corrected chi connectivity index (χ2v) is 3.40. The first-order valence-electron chi connectivity index (χ1n) is 4.59. The van der Waals surface area contributed by atoms with Crippen LogP contribution >= 0.6 is 0 Å². The van der Waals surface area contributed by atoms with E-state index >= 15 is 0 Å². The van der Waals surface area contributed by atoms with Crippen LogP contribution < -0.4 is 0 Å². The average Bonchev–Trinajstić information content (AvgIpc) is 1.87. The molecule has 10 heavy (non-hydrogen) atoms. The SMILES string of the molecule is CCC[B]CCCC(C)C. The van der Waals surface area contributed by atoms with E-state index in [1.807, 2.05) is 0 Å². The lowest BCUT2D eigenvalue weighted by Crippen LogP contribution is -1.91. The summed E-state index contributed by atoms with van der Waals surface area (Å²) >= 11 is 0. The molecule has 0 heterocycles. The first-order valence-corrected chi connectivity index (χ1v) is 4.59. The van der Waals surface area contributed by atoms with Crippen molar-refractivity contribution in [2.75, 3.05) is 0 Å². The Balaban J connectivity index is 2.77. The topological polar surface area (TPSA) is 0 Å². The van der Waals surface area contributed by atoms with Crippen molar-refractivity contribution in [1.82, 2.24) is 0 Å². The molecule has 0 N–H and O–H groups in total. The maximum atomic E-state index is 2.42. The van der Waals surface area contributed by atoms with E-state index < -0.39 is 0 Å². The van der Waals surface area contributed by atoms with Crippen molar-refractivity contribution < 1.29 is 0 Å². The molecular formula is C9H20B. The van der Waals surface area contributed by atoms with Crippen LogP contribution in [0.5, 0.6) is 0 Å². The van der Waals surface area contributed by atoms with Gasteiger partial charge in [-0.1, -0.05) is 52.7 Å². The molecular weight excluding hydrogens is 119 g/mol. The van der Waals surface area contributed by atoms with Gasteiger partial charge in [-0.05, 0) is 5.92 Å². The highest BCUT2D eigenvalue weighted by Crippen LogP contribution is 2.06. The highest BCUT2D eigenvalue weighted by molar-refractivity contribution is 6.35. The third-order valence-electron chi connectivity index (χ3n) is 1.68. The summed E-state index contributed by atoms with van der Waals surface area (Å²) in [5.74, 6) is 0.884. The van der Waals surface area contributed by atoms with Gasteiger partial charge in [0.2, 0.25) is 0 Å². The maximum absolute atomic E-state index is 2.42. The Morgan fingerprint density at radius 3 is 2.40 bits per heavy atom. The monoisotopic (exact) mass is 139 g/mol. The van der Waals surface area contributed by atoms with Gasteiger partial charge in [-0.15, -0.1) is 0 Å². The van der Waals surface area contributed by atoms with Gasteiger partial charge < -0.3 is 0 Å². The Morgan fingerprint density at radius 2 is 1.90 bits per heavy atom. The molecule has 1 radical (unpaired) electrons. The third-order valence-corrected chi connectivity index (χ3v) is 1.68. The highest BCUT2D eigenvalue weighted by Gasteiger charge is 1.93. The first kappa shape index (κ1) is 10.1. The molecule has 0 nitrogen and oxygen atoms in total. The molecule has 0 saturated heterocycles. The van der Waals surface area contributed by atoms with E-state index in [0.717, 1.165) is 5.92 Å². The minimum atomic E-state index is 0.884. The van der Waals surface area contributed by atoms with Gasteiger partial charge in [0, 0.05) is 0 Å². The van der Waals surface area contributed by atoms with Crippen molar-refractivity contribution >= 4 is 7.28 Å². The zero-order valence-electron chi connectivity index (χ0n) is 7.69. The smallest absolute Gasteiger partial charge is 0.0806 e. The molecule has 0 aliphatic carbocycles. The Bertz CT molecular complexity index is 59.7. The minimum absolute atomic E-state index is 0.884. The van der Waals surface area contributed by atoms with Crippen LogP contribution in [0.4, 0.5) is 0 Å². The average molecular weight is 139 g/mol. The molecule has 59 valence electrons. The molecule has 0 unspecified atom stereocenters. The molecule has 0 atom stereocenters. The van der Waals surface area contributed by atoms with Crippen molar-refractivity contribution in [3.8, 4) is 0 Å². The molecule has 0 aromatic rings. The van der Waals surface area contributed by atoms with Gasteiger partial charge in [-0.3, -0.25) is 0 Å². The summed E-state index contributed by atoms with van der Waals surface area (Å²) in [7, 11) is 2.42. The summed E-state index contributed by atoms with van der Waals surface area (Å²) in [5.41, 5.74) is 0. The van der Waals surface area contributed by atoms with Crippen LogP contribution in [-0.4, -0.2) is 7.28 Å². The fraction of sp³-hybridized carbons (Fsp3) is 1.00. The molecule has 1 heteroatoms. The van der Waals surface area contributed by atoms with E-state index in [4.69, 9.17) is 0 Å². The third kappa shape index (κ3) is 8.06. The summed E-state index contributed by atoms with van der Waals surface area (Å²) in [4.78, 5) is 0. The molecule has 0 aromatic heterocycles. The normalized spacial score (nSPS) is 10.4. The van der Waals surface area contributed by atoms with Gasteiger partial charge in [-0.25, -0.2) is 0 Å². The molecule has 0 amide bonds. The van der Waals surface area contributed by atoms with Crippen molar-refractivity contribution in [1.29, 1.82) is 0 Å². The van der Waals surface area contributed by atoms with Crippen molar-refractivity contribution in [3.63, 3.8) is 0 Å². The van der Waals surface area contributed by atoms with Crippen LogP contribution in [0.1, 0.15) is 40.0 Å². The van der Waals surface area contributed by atoms with Gasteiger partial charge in [-0.2, -0.15) is 0 Å². The van der Waals surface area contributed by atoms with Gasteiger partial charge >= 0.3 is 0 Å². The minimum Gasteiger partial charge on any atom is -0.0806 e. The molecule has 0 fully saturated rings. The molecule has 0 aliphatic heterocycles. The van der Waals surface area contributed by atoms with Crippen LogP contribution in [0.25, 0.3) is 0 Å². The fourth-order valence-electron chi connectivity index (χ4n) is 1.02. The van der Waals surface area contributed by atoms with E-state index in [1.54, 1.807) is 0 Å².